The number of nitrogens with one attached hydrogen (secondary N) is 2. The van der Waals surface area contributed by atoms with Crippen LogP contribution in [0.1, 0.15) is 21.8 Å². The quantitative estimate of drug-likeness (QED) is 0.444. The zero-order valence-electron chi connectivity index (χ0n) is 14.1. The second kappa shape index (κ2) is 8.59. The Morgan fingerprint density at radius 1 is 1.04 bits per heavy atom. The normalized spacial score (nSPS) is 12.9. The number of alkyl halides is 6. The number of guanidine groups is 1. The number of hydrogen-bond acceptors (Lipinski definition) is 3. The largest absolute Gasteiger partial charge is 0.434 e. The van der Waals surface area contributed by atoms with Gasteiger partial charge >= 0.3 is 12.4 Å². The van der Waals surface area contributed by atoms with Gasteiger partial charge in [-0.1, -0.05) is 12.1 Å². The van der Waals surface area contributed by atoms with E-state index in [0.717, 1.165) is 28.8 Å². The Kier molecular flexibility index (Phi) is 6.68. The SMILES string of the molecule is CN=C(NCCc1nc(C(F)(F)F)cs1)NCc1ccc(C(F)(F)F)cc1. The molecule has 1 heterocycles. The highest BCUT2D eigenvalue weighted by molar-refractivity contribution is 7.09. The summed E-state index contributed by atoms with van der Waals surface area (Å²) < 4.78 is 75.1. The Hall–Kier alpha value is -2.30. The summed E-state index contributed by atoms with van der Waals surface area (Å²) in [5.74, 6) is 0.377. The minimum atomic E-state index is -4.46. The van der Waals surface area contributed by atoms with Gasteiger partial charge in [0.1, 0.15) is 0 Å². The van der Waals surface area contributed by atoms with E-state index in [1.54, 1.807) is 0 Å². The summed E-state index contributed by atoms with van der Waals surface area (Å²) in [6.45, 7) is 0.546. The zero-order valence-corrected chi connectivity index (χ0v) is 14.9. The van der Waals surface area contributed by atoms with Crippen LogP contribution in [-0.2, 0) is 25.3 Å². The van der Waals surface area contributed by atoms with Gasteiger partial charge in [0.15, 0.2) is 11.7 Å². The molecule has 0 atom stereocenters. The second-order valence-electron chi connectivity index (χ2n) is 5.42. The van der Waals surface area contributed by atoms with Crippen LogP contribution in [0.3, 0.4) is 0 Å². The fraction of sp³-hybridized carbons (Fsp3) is 0.375. The Morgan fingerprint density at radius 2 is 1.70 bits per heavy atom. The molecule has 0 saturated carbocycles. The van der Waals surface area contributed by atoms with E-state index in [2.05, 4.69) is 20.6 Å². The van der Waals surface area contributed by atoms with E-state index in [1.165, 1.54) is 19.2 Å². The van der Waals surface area contributed by atoms with Gasteiger partial charge in [-0.25, -0.2) is 4.98 Å². The molecule has 148 valence electrons. The molecule has 0 saturated heterocycles. The highest BCUT2D eigenvalue weighted by Gasteiger charge is 2.33. The lowest BCUT2D eigenvalue weighted by molar-refractivity contribution is -0.141. The van der Waals surface area contributed by atoms with E-state index in [1.807, 2.05) is 0 Å². The molecule has 2 rings (SSSR count). The number of thiazole rings is 1. The molecule has 2 N–H and O–H groups in total. The van der Waals surface area contributed by atoms with Crippen LogP contribution in [0.4, 0.5) is 26.3 Å². The molecule has 1 aromatic carbocycles. The van der Waals surface area contributed by atoms with Gasteiger partial charge in [-0.15, -0.1) is 11.3 Å². The Balaban J connectivity index is 1.80. The molecule has 0 unspecified atom stereocenters. The summed E-state index contributed by atoms with van der Waals surface area (Å²) in [7, 11) is 1.51. The van der Waals surface area contributed by atoms with E-state index < -0.39 is 23.6 Å². The third-order valence-electron chi connectivity index (χ3n) is 3.44. The van der Waals surface area contributed by atoms with Crippen molar-refractivity contribution in [2.75, 3.05) is 13.6 Å². The van der Waals surface area contributed by atoms with Gasteiger partial charge in [0.05, 0.1) is 10.6 Å². The second-order valence-corrected chi connectivity index (χ2v) is 6.36. The van der Waals surface area contributed by atoms with Crippen LogP contribution in [0, 0.1) is 0 Å². The molecule has 2 aromatic rings. The number of benzene rings is 1. The predicted octanol–water partition coefficient (Wildman–Crippen LogP) is 4.09. The maximum absolute atomic E-state index is 12.5. The number of hydrogen-bond donors (Lipinski definition) is 2. The lowest BCUT2D eigenvalue weighted by Gasteiger charge is -2.12. The van der Waals surface area contributed by atoms with Crippen molar-refractivity contribution in [2.24, 2.45) is 4.99 Å². The molecule has 0 bridgehead atoms. The molecule has 0 aliphatic heterocycles. The first kappa shape index (κ1) is 21.0. The van der Waals surface area contributed by atoms with Crippen LogP contribution in [0.25, 0.3) is 0 Å². The highest BCUT2D eigenvalue weighted by Crippen LogP contribution is 2.30. The Bertz CT molecular complexity index is 764. The van der Waals surface area contributed by atoms with Gasteiger partial charge in [0, 0.05) is 31.9 Å². The average molecular weight is 410 g/mol. The molecule has 0 aliphatic carbocycles. The molecule has 0 aliphatic rings. The molecule has 11 heteroatoms. The molecule has 4 nitrogen and oxygen atoms in total. The first-order valence-electron chi connectivity index (χ1n) is 7.72. The van der Waals surface area contributed by atoms with Crippen LogP contribution in [-0.4, -0.2) is 24.5 Å². The summed E-state index contributed by atoms with van der Waals surface area (Å²) in [5, 5.41) is 7.14. The standard InChI is InChI=1S/C16H16F6N4S/c1-23-14(24-7-6-13-26-12(9-27-13)16(20,21)22)25-8-10-2-4-11(5-3-10)15(17,18)19/h2-5,9H,6-8H2,1H3,(H2,23,24,25). The van der Waals surface area contributed by atoms with Crippen molar-refractivity contribution in [1.82, 2.24) is 15.6 Å². The number of halogens is 6. The number of aliphatic imine (C=N–C) groups is 1. The fourth-order valence-electron chi connectivity index (χ4n) is 2.06. The van der Waals surface area contributed by atoms with Crippen molar-refractivity contribution in [2.45, 2.75) is 25.3 Å². The summed E-state index contributed by atoms with van der Waals surface area (Å²) >= 11 is 0.926. The van der Waals surface area contributed by atoms with Crippen molar-refractivity contribution < 1.29 is 26.3 Å². The van der Waals surface area contributed by atoms with Crippen LogP contribution in [0.15, 0.2) is 34.6 Å². The van der Waals surface area contributed by atoms with Gasteiger partial charge in [0.25, 0.3) is 0 Å². The van der Waals surface area contributed by atoms with E-state index in [9.17, 15) is 26.3 Å². The van der Waals surface area contributed by atoms with Gasteiger partial charge in [0.2, 0.25) is 0 Å². The van der Waals surface area contributed by atoms with Crippen LogP contribution in [0.5, 0.6) is 0 Å². The van der Waals surface area contributed by atoms with Crippen LogP contribution >= 0.6 is 11.3 Å². The van der Waals surface area contributed by atoms with Crippen molar-refractivity contribution in [3.8, 4) is 0 Å². The van der Waals surface area contributed by atoms with E-state index in [0.29, 0.717) is 23.1 Å². The minimum Gasteiger partial charge on any atom is -0.356 e. The minimum absolute atomic E-state index is 0.243. The first-order valence-corrected chi connectivity index (χ1v) is 8.60. The summed E-state index contributed by atoms with van der Waals surface area (Å²) in [4.78, 5) is 7.48. The molecular weight excluding hydrogens is 394 g/mol. The number of aromatic nitrogens is 1. The number of nitrogens with zero attached hydrogens (tertiary/aromatic N) is 2. The third kappa shape index (κ3) is 6.42. The van der Waals surface area contributed by atoms with E-state index >= 15 is 0 Å². The van der Waals surface area contributed by atoms with Gasteiger partial charge < -0.3 is 10.6 Å². The van der Waals surface area contributed by atoms with Gasteiger partial charge in [-0.2, -0.15) is 26.3 Å². The van der Waals surface area contributed by atoms with Crippen molar-refractivity contribution >= 4 is 17.3 Å². The lowest BCUT2D eigenvalue weighted by Crippen LogP contribution is -2.37. The monoisotopic (exact) mass is 410 g/mol. The summed E-state index contributed by atoms with van der Waals surface area (Å²) in [5.41, 5.74) is -1.01. The highest BCUT2D eigenvalue weighted by atomic mass is 32.1. The van der Waals surface area contributed by atoms with E-state index in [4.69, 9.17) is 0 Å². The molecule has 0 radical (unpaired) electrons. The first-order chi connectivity index (χ1) is 12.6. The molecule has 0 spiro atoms. The fourth-order valence-corrected chi connectivity index (χ4v) is 2.87. The number of rotatable bonds is 5. The van der Waals surface area contributed by atoms with Gasteiger partial charge in [-0.05, 0) is 17.7 Å². The third-order valence-corrected chi connectivity index (χ3v) is 4.35. The summed E-state index contributed by atoms with van der Waals surface area (Å²) in [6, 6.07) is 4.70. The maximum atomic E-state index is 12.5. The Morgan fingerprint density at radius 3 is 2.22 bits per heavy atom. The average Bonchev–Trinajstić information content (AvgIpc) is 3.07. The predicted molar refractivity (Wildman–Crippen MR) is 90.5 cm³/mol. The molecule has 1 aromatic heterocycles. The maximum Gasteiger partial charge on any atom is 0.434 e. The van der Waals surface area contributed by atoms with Crippen molar-refractivity contribution in [3.63, 3.8) is 0 Å². The molecule has 27 heavy (non-hydrogen) atoms. The van der Waals surface area contributed by atoms with Crippen molar-refractivity contribution in [1.29, 1.82) is 0 Å². The van der Waals surface area contributed by atoms with Gasteiger partial charge in [-0.3, -0.25) is 4.99 Å². The van der Waals surface area contributed by atoms with Crippen molar-refractivity contribution in [3.05, 3.63) is 51.5 Å². The zero-order chi connectivity index (χ0) is 20.1. The molecule has 0 amide bonds. The van der Waals surface area contributed by atoms with E-state index in [-0.39, 0.29) is 13.0 Å². The Labute approximate surface area is 155 Å². The van der Waals surface area contributed by atoms with Crippen LogP contribution in [0.2, 0.25) is 0 Å². The lowest BCUT2D eigenvalue weighted by atomic mass is 10.1. The topological polar surface area (TPSA) is 49.3 Å². The van der Waals surface area contributed by atoms with Crippen LogP contribution < -0.4 is 10.6 Å². The summed E-state index contributed by atoms with van der Waals surface area (Å²) in [6.07, 6.45) is -8.56. The molecule has 0 fully saturated rings. The molecular formula is C16H16F6N4S. The smallest absolute Gasteiger partial charge is 0.356 e.